The first-order chi connectivity index (χ1) is 8.58. The number of benzene rings is 1. The molecule has 0 aliphatic heterocycles. The smallest absolute Gasteiger partial charge is 0.270 e. The number of nitrogens with one attached hydrogen (secondary N) is 1. The summed E-state index contributed by atoms with van der Waals surface area (Å²) in [4.78, 5) is 10.2. The summed E-state index contributed by atoms with van der Waals surface area (Å²) in [5, 5.41) is 14.0. The number of halogens is 1. The Bertz CT molecular complexity index is 406. The van der Waals surface area contributed by atoms with Crippen LogP contribution in [0, 0.1) is 10.1 Å². The van der Waals surface area contributed by atoms with Gasteiger partial charge in [-0.15, -0.1) is 0 Å². The molecule has 6 heteroatoms. The summed E-state index contributed by atoms with van der Waals surface area (Å²) >= 11 is 3.34. The fraction of sp³-hybridized carbons (Fsp3) is 0.500. The van der Waals surface area contributed by atoms with Crippen LogP contribution in [0.15, 0.2) is 22.7 Å². The maximum Gasteiger partial charge on any atom is 0.270 e. The summed E-state index contributed by atoms with van der Waals surface area (Å²) in [6, 6.07) is 4.90. The minimum Gasteiger partial charge on any atom is -0.383 e. The highest BCUT2D eigenvalue weighted by Crippen LogP contribution is 2.28. The van der Waals surface area contributed by atoms with Gasteiger partial charge < -0.3 is 10.1 Å². The van der Waals surface area contributed by atoms with Crippen molar-refractivity contribution in [1.29, 1.82) is 0 Å². The van der Waals surface area contributed by atoms with Crippen molar-refractivity contribution in [3.05, 3.63) is 32.8 Å². The third-order valence-electron chi connectivity index (χ3n) is 2.53. The molecule has 5 nitrogen and oxygen atoms in total. The van der Waals surface area contributed by atoms with Crippen molar-refractivity contribution in [2.45, 2.75) is 25.8 Å². The molecule has 1 aromatic carbocycles. The normalized spacial score (nSPS) is 12.2. The van der Waals surface area contributed by atoms with Gasteiger partial charge in [0.1, 0.15) is 0 Å². The second-order valence-corrected chi connectivity index (χ2v) is 4.86. The third kappa shape index (κ3) is 4.27. The van der Waals surface area contributed by atoms with Gasteiger partial charge in [-0.05, 0) is 28.4 Å². The van der Waals surface area contributed by atoms with Gasteiger partial charge in [0, 0.05) is 35.4 Å². The molecule has 1 N–H and O–H groups in total. The topological polar surface area (TPSA) is 64.4 Å². The number of nitro groups is 1. The Morgan fingerprint density at radius 1 is 1.56 bits per heavy atom. The van der Waals surface area contributed by atoms with Crippen LogP contribution < -0.4 is 5.32 Å². The first kappa shape index (κ1) is 14.9. The molecular formula is C12H17BrN2O3. The van der Waals surface area contributed by atoms with E-state index in [1.54, 1.807) is 13.2 Å². The van der Waals surface area contributed by atoms with Gasteiger partial charge in [-0.25, -0.2) is 0 Å². The highest BCUT2D eigenvalue weighted by atomic mass is 79.9. The minimum atomic E-state index is -0.410. The Labute approximate surface area is 115 Å². The van der Waals surface area contributed by atoms with Gasteiger partial charge in [-0.2, -0.15) is 0 Å². The lowest BCUT2D eigenvalue weighted by atomic mass is 10.1. The van der Waals surface area contributed by atoms with Gasteiger partial charge in [-0.3, -0.25) is 10.1 Å². The van der Waals surface area contributed by atoms with Gasteiger partial charge in [0.15, 0.2) is 0 Å². The van der Waals surface area contributed by atoms with Crippen LogP contribution in [0.3, 0.4) is 0 Å². The van der Waals surface area contributed by atoms with Crippen LogP contribution in [0.25, 0.3) is 0 Å². The van der Waals surface area contributed by atoms with Crippen LogP contribution in [-0.4, -0.2) is 24.7 Å². The van der Waals surface area contributed by atoms with Crippen LogP contribution in [0.4, 0.5) is 11.4 Å². The molecule has 0 heterocycles. The predicted octanol–water partition coefficient (Wildman–Crippen LogP) is 3.58. The SMILES string of the molecule is CCCC(COC)Nc1ccc([N+](=O)[O-])cc1Br. The first-order valence-corrected chi connectivity index (χ1v) is 6.57. The highest BCUT2D eigenvalue weighted by Gasteiger charge is 2.12. The molecule has 1 atom stereocenters. The van der Waals surface area contributed by atoms with Crippen molar-refractivity contribution in [1.82, 2.24) is 0 Å². The molecule has 100 valence electrons. The molecule has 1 aromatic rings. The second kappa shape index (κ2) is 7.33. The number of hydrogen-bond acceptors (Lipinski definition) is 4. The van der Waals surface area contributed by atoms with Gasteiger partial charge in [0.2, 0.25) is 0 Å². The number of hydrogen-bond donors (Lipinski definition) is 1. The summed E-state index contributed by atoms with van der Waals surface area (Å²) in [7, 11) is 1.66. The zero-order chi connectivity index (χ0) is 13.5. The minimum absolute atomic E-state index is 0.0752. The lowest BCUT2D eigenvalue weighted by Gasteiger charge is -2.19. The van der Waals surface area contributed by atoms with Crippen LogP contribution in [0.5, 0.6) is 0 Å². The number of nitro benzene ring substituents is 1. The van der Waals surface area contributed by atoms with Crippen LogP contribution in [0.1, 0.15) is 19.8 Å². The lowest BCUT2D eigenvalue weighted by Crippen LogP contribution is -2.24. The zero-order valence-electron chi connectivity index (χ0n) is 10.5. The predicted molar refractivity (Wildman–Crippen MR) is 75.0 cm³/mol. The summed E-state index contributed by atoms with van der Waals surface area (Å²) in [6.45, 7) is 2.71. The Morgan fingerprint density at radius 3 is 2.78 bits per heavy atom. The van der Waals surface area contributed by atoms with E-state index in [1.165, 1.54) is 12.1 Å². The molecule has 0 aliphatic carbocycles. The van der Waals surface area contributed by atoms with Crippen molar-refractivity contribution in [2.75, 3.05) is 19.0 Å². The molecule has 0 saturated heterocycles. The molecular weight excluding hydrogens is 300 g/mol. The fourth-order valence-electron chi connectivity index (χ4n) is 1.70. The summed E-state index contributed by atoms with van der Waals surface area (Å²) in [6.07, 6.45) is 2.03. The van der Waals surface area contributed by atoms with Crippen molar-refractivity contribution in [3.63, 3.8) is 0 Å². The average molecular weight is 317 g/mol. The molecule has 18 heavy (non-hydrogen) atoms. The van der Waals surface area contributed by atoms with Crippen molar-refractivity contribution >= 4 is 27.3 Å². The summed E-state index contributed by atoms with van der Waals surface area (Å²) < 4.78 is 5.83. The quantitative estimate of drug-likeness (QED) is 0.616. The molecule has 0 bridgehead atoms. The average Bonchev–Trinajstić information content (AvgIpc) is 2.32. The van der Waals surface area contributed by atoms with Gasteiger partial charge in [0.05, 0.1) is 11.5 Å². The largest absolute Gasteiger partial charge is 0.383 e. The van der Waals surface area contributed by atoms with Gasteiger partial charge in [0.25, 0.3) is 5.69 Å². The van der Waals surface area contributed by atoms with Crippen molar-refractivity contribution in [2.24, 2.45) is 0 Å². The van der Waals surface area contributed by atoms with E-state index < -0.39 is 4.92 Å². The molecule has 1 unspecified atom stereocenters. The molecule has 0 spiro atoms. The summed E-state index contributed by atoms with van der Waals surface area (Å²) in [5.41, 5.74) is 0.919. The molecule has 0 amide bonds. The van der Waals surface area contributed by atoms with Crippen molar-refractivity contribution < 1.29 is 9.66 Å². The van der Waals surface area contributed by atoms with E-state index in [4.69, 9.17) is 4.74 Å². The van der Waals surface area contributed by atoms with Crippen LogP contribution in [0.2, 0.25) is 0 Å². The van der Waals surface area contributed by atoms with Crippen molar-refractivity contribution in [3.8, 4) is 0 Å². The number of nitrogens with zero attached hydrogens (tertiary/aromatic N) is 1. The monoisotopic (exact) mass is 316 g/mol. The number of anilines is 1. The van der Waals surface area contributed by atoms with E-state index >= 15 is 0 Å². The van der Waals surface area contributed by atoms with E-state index in [0.29, 0.717) is 11.1 Å². The van der Waals surface area contributed by atoms with Crippen LogP contribution in [-0.2, 0) is 4.74 Å². The maximum atomic E-state index is 10.6. The Hall–Kier alpha value is -1.14. The third-order valence-corrected chi connectivity index (χ3v) is 3.18. The first-order valence-electron chi connectivity index (χ1n) is 5.77. The van der Waals surface area contributed by atoms with E-state index in [9.17, 15) is 10.1 Å². The van der Waals surface area contributed by atoms with E-state index in [-0.39, 0.29) is 11.7 Å². The second-order valence-electron chi connectivity index (χ2n) is 4.01. The summed E-state index contributed by atoms with van der Waals surface area (Å²) in [5.74, 6) is 0. The fourth-order valence-corrected chi connectivity index (χ4v) is 2.18. The maximum absolute atomic E-state index is 10.6. The Kier molecular flexibility index (Phi) is 6.07. The number of rotatable bonds is 7. The van der Waals surface area contributed by atoms with Crippen LogP contribution >= 0.6 is 15.9 Å². The van der Waals surface area contributed by atoms with Gasteiger partial charge in [-0.1, -0.05) is 13.3 Å². The lowest BCUT2D eigenvalue weighted by molar-refractivity contribution is -0.384. The number of methoxy groups -OCH3 is 1. The molecule has 0 radical (unpaired) electrons. The highest BCUT2D eigenvalue weighted by molar-refractivity contribution is 9.10. The van der Waals surface area contributed by atoms with E-state index in [2.05, 4.69) is 28.2 Å². The Balaban J connectivity index is 2.79. The molecule has 0 saturated carbocycles. The molecule has 0 aromatic heterocycles. The number of ether oxygens (including phenoxy) is 1. The van der Waals surface area contributed by atoms with Gasteiger partial charge >= 0.3 is 0 Å². The number of non-ortho nitro benzene ring substituents is 1. The molecule has 0 aliphatic rings. The Morgan fingerprint density at radius 2 is 2.28 bits per heavy atom. The van der Waals surface area contributed by atoms with E-state index in [0.717, 1.165) is 18.5 Å². The van der Waals surface area contributed by atoms with E-state index in [1.807, 2.05) is 0 Å². The molecule has 1 rings (SSSR count). The molecule has 0 fully saturated rings. The zero-order valence-corrected chi connectivity index (χ0v) is 12.1. The standard InChI is InChI=1S/C12H17BrN2O3/c1-3-4-9(8-18-2)14-12-6-5-10(15(16)17)7-11(12)13/h5-7,9,14H,3-4,8H2,1-2H3.